The summed E-state index contributed by atoms with van der Waals surface area (Å²) in [7, 11) is 3.12. The van der Waals surface area contributed by atoms with Gasteiger partial charge in [0.1, 0.15) is 23.0 Å². The molecule has 0 aliphatic carbocycles. The third-order valence-corrected chi connectivity index (χ3v) is 5.03. The van der Waals surface area contributed by atoms with Gasteiger partial charge in [-0.05, 0) is 60.5 Å². The number of amides is 1. The van der Waals surface area contributed by atoms with Crippen molar-refractivity contribution in [3.8, 4) is 23.0 Å². The molecule has 0 fully saturated rings. The summed E-state index contributed by atoms with van der Waals surface area (Å²) in [5, 5.41) is 2.78. The number of carbonyl (C=O) groups excluding carboxylic acids is 2. The van der Waals surface area contributed by atoms with Crippen LogP contribution in [0, 0.1) is 6.92 Å². The quantitative estimate of drug-likeness (QED) is 0.533. The van der Waals surface area contributed by atoms with Crippen LogP contribution >= 0.6 is 0 Å². The lowest BCUT2D eigenvalue weighted by atomic mass is 10.1. The van der Waals surface area contributed by atoms with Crippen molar-refractivity contribution in [1.82, 2.24) is 0 Å². The molecule has 7 heteroatoms. The first-order valence-corrected chi connectivity index (χ1v) is 10.3. The molecule has 0 spiro atoms. The molecule has 0 bridgehead atoms. The van der Waals surface area contributed by atoms with Gasteiger partial charge in [-0.2, -0.15) is 0 Å². The Balaban J connectivity index is 1.42. The Morgan fingerprint density at radius 2 is 1.85 bits per heavy atom. The van der Waals surface area contributed by atoms with E-state index in [0.717, 1.165) is 11.1 Å². The maximum Gasteiger partial charge on any atom is 0.262 e. The topological polar surface area (TPSA) is 83.1 Å². The molecule has 0 unspecified atom stereocenters. The number of hydrogen-bond donors (Lipinski definition) is 1. The minimum atomic E-state index is -0.338. The number of benzene rings is 3. The molecule has 3 aromatic rings. The first-order chi connectivity index (χ1) is 16.0. The first-order valence-electron chi connectivity index (χ1n) is 10.3. The molecule has 0 saturated carbocycles. The van der Waals surface area contributed by atoms with E-state index in [2.05, 4.69) is 5.32 Å². The normalized spacial score (nSPS) is 13.3. The van der Waals surface area contributed by atoms with Crippen molar-refractivity contribution in [1.29, 1.82) is 0 Å². The number of rotatable bonds is 7. The zero-order chi connectivity index (χ0) is 23.4. The van der Waals surface area contributed by atoms with Gasteiger partial charge in [0.2, 0.25) is 5.78 Å². The highest BCUT2D eigenvalue weighted by atomic mass is 16.5. The summed E-state index contributed by atoms with van der Waals surface area (Å²) in [5.41, 5.74) is 2.78. The summed E-state index contributed by atoms with van der Waals surface area (Å²) in [4.78, 5) is 25.0. The van der Waals surface area contributed by atoms with E-state index in [9.17, 15) is 9.59 Å². The molecule has 0 saturated heterocycles. The minimum Gasteiger partial charge on any atom is -0.497 e. The summed E-state index contributed by atoms with van der Waals surface area (Å²) in [6, 6.07) is 17.7. The van der Waals surface area contributed by atoms with Crippen LogP contribution in [0.3, 0.4) is 0 Å². The number of aryl methyl sites for hydroxylation is 1. The standard InChI is InChI=1S/C26H23NO6/c1-16-7-10-22(31-3)21(11-16)27-25(28)15-32-19-8-9-20-23(14-19)33-24(26(20)29)13-17-5-4-6-18(12-17)30-2/h4-14H,15H2,1-3H3,(H,27,28). The predicted molar refractivity (Wildman–Crippen MR) is 124 cm³/mol. The first kappa shape index (κ1) is 22.0. The number of carbonyl (C=O) groups is 2. The number of nitrogens with one attached hydrogen (secondary N) is 1. The van der Waals surface area contributed by atoms with Gasteiger partial charge in [0.25, 0.3) is 5.91 Å². The number of methoxy groups -OCH3 is 2. The van der Waals surface area contributed by atoms with Crippen LogP contribution in [0.4, 0.5) is 5.69 Å². The van der Waals surface area contributed by atoms with Crippen molar-refractivity contribution < 1.29 is 28.5 Å². The van der Waals surface area contributed by atoms with Crippen molar-refractivity contribution in [3.05, 3.63) is 83.1 Å². The number of fused-ring (bicyclic) bond motifs is 1. The van der Waals surface area contributed by atoms with Crippen LogP contribution < -0.4 is 24.3 Å². The van der Waals surface area contributed by atoms with Gasteiger partial charge in [-0.15, -0.1) is 0 Å². The molecule has 1 aliphatic heterocycles. The second-order valence-electron chi connectivity index (χ2n) is 7.41. The maximum atomic E-state index is 12.7. The Kier molecular flexibility index (Phi) is 6.31. The molecule has 0 atom stereocenters. The fourth-order valence-corrected chi connectivity index (χ4v) is 3.39. The molecule has 1 amide bonds. The van der Waals surface area contributed by atoms with Crippen LogP contribution in [0.1, 0.15) is 21.5 Å². The highest BCUT2D eigenvalue weighted by Crippen LogP contribution is 2.35. The molecular weight excluding hydrogens is 422 g/mol. The van der Waals surface area contributed by atoms with Gasteiger partial charge in [0.15, 0.2) is 12.4 Å². The smallest absolute Gasteiger partial charge is 0.262 e. The van der Waals surface area contributed by atoms with Crippen LogP contribution in [-0.4, -0.2) is 32.5 Å². The largest absolute Gasteiger partial charge is 0.497 e. The van der Waals surface area contributed by atoms with E-state index in [1.807, 2.05) is 43.3 Å². The molecule has 33 heavy (non-hydrogen) atoms. The molecule has 168 valence electrons. The number of ether oxygens (including phenoxy) is 4. The third-order valence-electron chi connectivity index (χ3n) is 5.03. The summed E-state index contributed by atoms with van der Waals surface area (Å²) >= 11 is 0. The van der Waals surface area contributed by atoms with Crippen LogP contribution in [0.2, 0.25) is 0 Å². The second-order valence-corrected chi connectivity index (χ2v) is 7.41. The van der Waals surface area contributed by atoms with Gasteiger partial charge in [-0.25, -0.2) is 0 Å². The van der Waals surface area contributed by atoms with Crippen molar-refractivity contribution >= 4 is 23.5 Å². The number of Topliss-reactive ketones (excluding diaryl/α,β-unsaturated/α-hetero) is 1. The molecule has 1 heterocycles. The Hall–Kier alpha value is -4.26. The average molecular weight is 445 g/mol. The van der Waals surface area contributed by atoms with Gasteiger partial charge >= 0.3 is 0 Å². The fourth-order valence-electron chi connectivity index (χ4n) is 3.39. The zero-order valence-electron chi connectivity index (χ0n) is 18.5. The van der Waals surface area contributed by atoms with E-state index in [1.165, 1.54) is 0 Å². The number of allylic oxidation sites excluding steroid dienone is 1. The van der Waals surface area contributed by atoms with Crippen LogP contribution in [-0.2, 0) is 4.79 Å². The lowest BCUT2D eigenvalue weighted by Crippen LogP contribution is -2.20. The van der Waals surface area contributed by atoms with Crippen molar-refractivity contribution in [2.75, 3.05) is 26.1 Å². The molecule has 1 aliphatic rings. The second kappa shape index (κ2) is 9.48. The predicted octanol–water partition coefficient (Wildman–Crippen LogP) is 4.65. The van der Waals surface area contributed by atoms with Crippen LogP contribution in [0.5, 0.6) is 23.0 Å². The van der Waals surface area contributed by atoms with E-state index in [-0.39, 0.29) is 24.1 Å². The van der Waals surface area contributed by atoms with E-state index < -0.39 is 0 Å². The van der Waals surface area contributed by atoms with Gasteiger partial charge in [-0.1, -0.05) is 18.2 Å². The summed E-state index contributed by atoms with van der Waals surface area (Å²) in [6.45, 7) is 1.71. The lowest BCUT2D eigenvalue weighted by Gasteiger charge is -2.12. The van der Waals surface area contributed by atoms with Gasteiger partial charge < -0.3 is 24.3 Å². The maximum absolute atomic E-state index is 12.7. The Morgan fingerprint density at radius 3 is 2.64 bits per heavy atom. The van der Waals surface area contributed by atoms with Gasteiger partial charge in [-0.3, -0.25) is 9.59 Å². The number of anilines is 1. The average Bonchev–Trinajstić information content (AvgIpc) is 3.12. The molecule has 0 radical (unpaired) electrons. The molecule has 7 nitrogen and oxygen atoms in total. The highest BCUT2D eigenvalue weighted by Gasteiger charge is 2.27. The van der Waals surface area contributed by atoms with Crippen molar-refractivity contribution in [3.63, 3.8) is 0 Å². The molecule has 4 rings (SSSR count). The van der Waals surface area contributed by atoms with Crippen LogP contribution in [0.15, 0.2) is 66.4 Å². The summed E-state index contributed by atoms with van der Waals surface area (Å²) in [5.74, 6) is 1.69. The Labute approximate surface area is 191 Å². The van der Waals surface area contributed by atoms with E-state index in [0.29, 0.717) is 34.2 Å². The lowest BCUT2D eigenvalue weighted by molar-refractivity contribution is -0.118. The minimum absolute atomic E-state index is 0.208. The van der Waals surface area contributed by atoms with E-state index in [1.54, 1.807) is 44.6 Å². The number of hydrogen-bond acceptors (Lipinski definition) is 6. The SMILES string of the molecule is COc1cccc(C=C2Oc3cc(OCC(=O)Nc4cc(C)ccc4OC)ccc3C2=O)c1. The molecule has 3 aromatic carbocycles. The van der Waals surface area contributed by atoms with Gasteiger partial charge in [0.05, 0.1) is 25.5 Å². The zero-order valence-corrected chi connectivity index (χ0v) is 18.5. The summed E-state index contributed by atoms with van der Waals surface area (Å²) in [6.07, 6.45) is 1.66. The Bertz CT molecular complexity index is 1250. The van der Waals surface area contributed by atoms with Gasteiger partial charge in [0, 0.05) is 6.07 Å². The third kappa shape index (κ3) is 4.98. The fraction of sp³-hybridized carbons (Fsp3) is 0.154. The molecular formula is C26H23NO6. The van der Waals surface area contributed by atoms with Crippen molar-refractivity contribution in [2.45, 2.75) is 6.92 Å². The molecule has 1 N–H and O–H groups in total. The summed E-state index contributed by atoms with van der Waals surface area (Å²) < 4.78 is 21.9. The van der Waals surface area contributed by atoms with Crippen LogP contribution in [0.25, 0.3) is 6.08 Å². The van der Waals surface area contributed by atoms with Crippen molar-refractivity contribution in [2.24, 2.45) is 0 Å². The van der Waals surface area contributed by atoms with E-state index in [4.69, 9.17) is 18.9 Å². The highest BCUT2D eigenvalue weighted by molar-refractivity contribution is 6.14. The molecule has 0 aromatic heterocycles. The van der Waals surface area contributed by atoms with E-state index >= 15 is 0 Å². The Morgan fingerprint density at radius 1 is 1.00 bits per heavy atom. The number of ketones is 1. The monoisotopic (exact) mass is 445 g/mol.